The molecule has 8 heteroatoms. The summed E-state index contributed by atoms with van der Waals surface area (Å²) >= 11 is 1.55. The van der Waals surface area contributed by atoms with Gasteiger partial charge in [-0.2, -0.15) is 16.3 Å². The van der Waals surface area contributed by atoms with E-state index in [4.69, 9.17) is 4.52 Å². The number of carbonyl (C=O) groups excluding carboxylic acids is 1. The second-order valence-electron chi connectivity index (χ2n) is 6.39. The molecule has 3 aromatic rings. The third-order valence-corrected chi connectivity index (χ3v) is 5.33. The fraction of sp³-hybridized carbons (Fsp3) is 0.263. The molecule has 2 aromatic heterocycles. The molecule has 0 radical (unpaired) electrons. The first-order valence-electron chi connectivity index (χ1n) is 8.55. The normalized spacial score (nSPS) is 16.1. The topological polar surface area (TPSA) is 96.5 Å². The first-order chi connectivity index (χ1) is 13.1. The van der Waals surface area contributed by atoms with Gasteiger partial charge in [0.1, 0.15) is 0 Å². The van der Waals surface area contributed by atoms with Gasteiger partial charge in [-0.05, 0) is 22.6 Å². The molecule has 1 atom stereocenters. The predicted molar refractivity (Wildman–Crippen MR) is 98.2 cm³/mol. The summed E-state index contributed by atoms with van der Waals surface area (Å²) in [5.41, 5.74) is 2.55. The van der Waals surface area contributed by atoms with E-state index in [9.17, 15) is 14.7 Å². The van der Waals surface area contributed by atoms with Gasteiger partial charge >= 0.3 is 5.97 Å². The SMILES string of the molecule is O=C(O)C1CN(C(=O)CCc2nc(-c3ccsc3)no2)Cc2ccccc21. The monoisotopic (exact) mass is 383 g/mol. The highest BCUT2D eigenvalue weighted by atomic mass is 32.1. The van der Waals surface area contributed by atoms with Gasteiger partial charge in [0, 0.05) is 36.9 Å². The van der Waals surface area contributed by atoms with Crippen LogP contribution in [0.4, 0.5) is 0 Å². The van der Waals surface area contributed by atoms with Crippen LogP contribution >= 0.6 is 11.3 Å². The van der Waals surface area contributed by atoms with E-state index < -0.39 is 11.9 Å². The molecule has 3 heterocycles. The minimum absolute atomic E-state index is 0.119. The Hall–Kier alpha value is -3.00. The quantitative estimate of drug-likeness (QED) is 0.728. The van der Waals surface area contributed by atoms with Crippen molar-refractivity contribution in [2.75, 3.05) is 6.54 Å². The number of carboxylic acid groups (broad SMARTS) is 1. The molecule has 7 nitrogen and oxygen atoms in total. The summed E-state index contributed by atoms with van der Waals surface area (Å²) in [5, 5.41) is 17.3. The Labute approximate surface area is 159 Å². The van der Waals surface area contributed by atoms with Crippen LogP contribution in [0.3, 0.4) is 0 Å². The molecular weight excluding hydrogens is 366 g/mol. The van der Waals surface area contributed by atoms with Gasteiger partial charge in [0.15, 0.2) is 0 Å². The number of aliphatic carboxylic acids is 1. The highest BCUT2D eigenvalue weighted by molar-refractivity contribution is 7.08. The zero-order chi connectivity index (χ0) is 18.8. The predicted octanol–water partition coefficient (Wildman–Crippen LogP) is 2.94. The van der Waals surface area contributed by atoms with Crippen molar-refractivity contribution in [1.82, 2.24) is 15.0 Å². The van der Waals surface area contributed by atoms with Crippen LogP contribution in [0.25, 0.3) is 11.4 Å². The molecule has 0 saturated carbocycles. The number of hydrogen-bond donors (Lipinski definition) is 1. The largest absolute Gasteiger partial charge is 0.481 e. The van der Waals surface area contributed by atoms with Crippen molar-refractivity contribution in [2.24, 2.45) is 0 Å². The number of amides is 1. The van der Waals surface area contributed by atoms with Gasteiger partial charge in [0.25, 0.3) is 0 Å². The molecule has 1 unspecified atom stereocenters. The summed E-state index contributed by atoms with van der Waals surface area (Å²) in [6, 6.07) is 9.28. The number of thiophene rings is 1. The molecule has 27 heavy (non-hydrogen) atoms. The maximum absolute atomic E-state index is 12.6. The van der Waals surface area contributed by atoms with E-state index in [1.165, 1.54) is 0 Å². The second-order valence-corrected chi connectivity index (χ2v) is 7.17. The van der Waals surface area contributed by atoms with Crippen LogP contribution < -0.4 is 0 Å². The fourth-order valence-corrected chi connectivity index (χ4v) is 3.88. The van der Waals surface area contributed by atoms with Crippen LogP contribution in [0.2, 0.25) is 0 Å². The van der Waals surface area contributed by atoms with Gasteiger partial charge in [0.05, 0.1) is 5.92 Å². The Morgan fingerprint density at radius 1 is 1.30 bits per heavy atom. The van der Waals surface area contributed by atoms with Crippen molar-refractivity contribution in [3.05, 3.63) is 58.1 Å². The molecule has 0 saturated heterocycles. The van der Waals surface area contributed by atoms with Crippen molar-refractivity contribution < 1.29 is 19.2 Å². The Balaban J connectivity index is 1.42. The molecule has 1 N–H and O–H groups in total. The lowest BCUT2D eigenvalue weighted by atomic mass is 9.89. The van der Waals surface area contributed by atoms with E-state index in [-0.39, 0.29) is 18.9 Å². The van der Waals surface area contributed by atoms with Gasteiger partial charge in [-0.1, -0.05) is 29.4 Å². The third-order valence-electron chi connectivity index (χ3n) is 4.65. The maximum atomic E-state index is 12.6. The highest BCUT2D eigenvalue weighted by Gasteiger charge is 2.32. The van der Waals surface area contributed by atoms with E-state index >= 15 is 0 Å². The van der Waals surface area contributed by atoms with Crippen LogP contribution in [-0.4, -0.2) is 38.6 Å². The summed E-state index contributed by atoms with van der Waals surface area (Å²) in [4.78, 5) is 30.1. The molecule has 1 amide bonds. The molecule has 1 aromatic carbocycles. The summed E-state index contributed by atoms with van der Waals surface area (Å²) in [5.74, 6) is -0.830. The zero-order valence-electron chi connectivity index (χ0n) is 14.4. The summed E-state index contributed by atoms with van der Waals surface area (Å²) in [6.07, 6.45) is 0.519. The summed E-state index contributed by atoms with van der Waals surface area (Å²) in [6.45, 7) is 0.595. The second kappa shape index (κ2) is 7.32. The number of aryl methyl sites for hydroxylation is 1. The zero-order valence-corrected chi connectivity index (χ0v) is 15.2. The Morgan fingerprint density at radius 2 is 2.15 bits per heavy atom. The number of aromatic nitrogens is 2. The van der Waals surface area contributed by atoms with E-state index in [2.05, 4.69) is 10.1 Å². The first kappa shape index (κ1) is 17.4. The summed E-state index contributed by atoms with van der Waals surface area (Å²) in [7, 11) is 0. The third kappa shape index (κ3) is 3.61. The molecule has 4 rings (SSSR count). The molecule has 138 valence electrons. The molecule has 0 spiro atoms. The van der Waals surface area contributed by atoms with Crippen molar-refractivity contribution in [1.29, 1.82) is 0 Å². The number of nitrogens with zero attached hydrogens (tertiary/aromatic N) is 3. The number of benzene rings is 1. The first-order valence-corrected chi connectivity index (χ1v) is 9.49. The lowest BCUT2D eigenvalue weighted by Crippen LogP contribution is -2.40. The van der Waals surface area contributed by atoms with Crippen molar-refractivity contribution >= 4 is 23.2 Å². The van der Waals surface area contributed by atoms with E-state index in [0.717, 1.165) is 16.7 Å². The smallest absolute Gasteiger partial charge is 0.312 e. The lowest BCUT2D eigenvalue weighted by molar-refractivity contribution is -0.141. The van der Waals surface area contributed by atoms with E-state index in [0.29, 0.717) is 24.7 Å². The van der Waals surface area contributed by atoms with Crippen LogP contribution in [0.15, 0.2) is 45.6 Å². The number of fused-ring (bicyclic) bond motifs is 1. The van der Waals surface area contributed by atoms with Gasteiger partial charge < -0.3 is 14.5 Å². The fourth-order valence-electron chi connectivity index (χ4n) is 3.25. The minimum atomic E-state index is -0.919. The van der Waals surface area contributed by atoms with Crippen molar-refractivity contribution in [2.45, 2.75) is 25.3 Å². The Morgan fingerprint density at radius 3 is 2.93 bits per heavy atom. The maximum Gasteiger partial charge on any atom is 0.312 e. The molecule has 0 bridgehead atoms. The lowest BCUT2D eigenvalue weighted by Gasteiger charge is -2.32. The Kier molecular flexibility index (Phi) is 4.72. The minimum Gasteiger partial charge on any atom is -0.481 e. The number of rotatable bonds is 5. The van der Waals surface area contributed by atoms with Crippen LogP contribution in [0, 0.1) is 0 Å². The Bertz CT molecular complexity index is 967. The molecule has 0 fully saturated rings. The number of carbonyl (C=O) groups is 2. The highest BCUT2D eigenvalue weighted by Crippen LogP contribution is 2.29. The van der Waals surface area contributed by atoms with Crippen LogP contribution in [0.5, 0.6) is 0 Å². The average molecular weight is 383 g/mol. The summed E-state index contributed by atoms with van der Waals surface area (Å²) < 4.78 is 5.22. The van der Waals surface area contributed by atoms with Crippen LogP contribution in [0.1, 0.15) is 29.4 Å². The number of hydrogen-bond acceptors (Lipinski definition) is 6. The van der Waals surface area contributed by atoms with Gasteiger partial charge in [-0.3, -0.25) is 9.59 Å². The molecule has 1 aliphatic rings. The van der Waals surface area contributed by atoms with Crippen molar-refractivity contribution in [3.63, 3.8) is 0 Å². The van der Waals surface area contributed by atoms with E-state index in [1.807, 2.05) is 41.1 Å². The number of carboxylic acids is 1. The molecular formula is C19H17N3O4S. The van der Waals surface area contributed by atoms with Gasteiger partial charge in [-0.15, -0.1) is 0 Å². The van der Waals surface area contributed by atoms with Gasteiger partial charge in [0.2, 0.25) is 17.6 Å². The molecule has 0 aliphatic carbocycles. The van der Waals surface area contributed by atoms with Crippen LogP contribution in [-0.2, 0) is 22.6 Å². The standard InChI is InChI=1S/C19H17N3O4S/c23-17(6-5-16-20-18(21-26-16)13-7-8-27-11-13)22-9-12-3-1-2-4-14(12)15(10-22)19(24)25/h1-4,7-8,11,15H,5-6,9-10H2,(H,24,25). The van der Waals surface area contributed by atoms with Gasteiger partial charge in [-0.25, -0.2) is 0 Å². The van der Waals surface area contributed by atoms with E-state index in [1.54, 1.807) is 16.2 Å². The molecule has 1 aliphatic heterocycles. The van der Waals surface area contributed by atoms with Crippen molar-refractivity contribution in [3.8, 4) is 11.4 Å². The average Bonchev–Trinajstić information content (AvgIpc) is 3.36.